The third-order valence-electron chi connectivity index (χ3n) is 11.3. The van der Waals surface area contributed by atoms with E-state index in [0.717, 1.165) is 17.1 Å². The molecule has 246 valence electrons. The Morgan fingerprint density at radius 2 is 0.942 bits per heavy atom. The normalized spacial score (nSPS) is 13.0. The summed E-state index contributed by atoms with van der Waals surface area (Å²) < 4.78 is 0. The van der Waals surface area contributed by atoms with Crippen LogP contribution >= 0.6 is 0 Å². The van der Waals surface area contributed by atoms with E-state index >= 15 is 0 Å². The predicted molar refractivity (Wildman–Crippen MR) is 222 cm³/mol. The number of nitrogens with zero attached hydrogens (tertiary/aromatic N) is 1. The van der Waals surface area contributed by atoms with Crippen molar-refractivity contribution < 1.29 is 0 Å². The molecule has 0 aliphatic heterocycles. The Bertz CT molecular complexity index is 2810. The molecule has 0 spiro atoms. The highest BCUT2D eigenvalue weighted by Crippen LogP contribution is 2.51. The van der Waals surface area contributed by atoms with Crippen molar-refractivity contribution in [3.8, 4) is 33.4 Å². The van der Waals surface area contributed by atoms with Gasteiger partial charge in [-0.3, -0.25) is 0 Å². The van der Waals surface area contributed by atoms with Crippen LogP contribution in [-0.2, 0) is 5.41 Å². The van der Waals surface area contributed by atoms with Crippen LogP contribution in [0, 0.1) is 0 Å². The monoisotopic (exact) mass is 663 g/mol. The summed E-state index contributed by atoms with van der Waals surface area (Å²) in [4.78, 5) is 2.43. The summed E-state index contributed by atoms with van der Waals surface area (Å²) in [6, 6.07) is 69.2. The first-order valence-corrected chi connectivity index (χ1v) is 18.2. The molecule has 0 fully saturated rings. The summed E-state index contributed by atoms with van der Waals surface area (Å²) in [5.74, 6) is 0. The molecule has 1 aliphatic rings. The van der Waals surface area contributed by atoms with Crippen LogP contribution in [0.4, 0.5) is 17.1 Å². The van der Waals surface area contributed by atoms with E-state index in [9.17, 15) is 0 Å². The molecule has 0 atom stereocenters. The SMILES string of the molecule is CC1(C)c2ccccc2-c2ccc(N(c3ccc(-c4ccc5c(ccc6c7ccccc7ccc56)c4)cc3)c3ccccc3-c3ccccc3)cc21. The Morgan fingerprint density at radius 3 is 1.77 bits per heavy atom. The zero-order valence-electron chi connectivity index (χ0n) is 29.3. The van der Waals surface area contributed by atoms with Gasteiger partial charge in [0.15, 0.2) is 0 Å². The number of para-hydroxylation sites is 1. The lowest BCUT2D eigenvalue weighted by Gasteiger charge is -2.30. The van der Waals surface area contributed by atoms with Crippen LogP contribution in [0.1, 0.15) is 25.0 Å². The van der Waals surface area contributed by atoms with E-state index in [2.05, 4.69) is 207 Å². The van der Waals surface area contributed by atoms with Crippen molar-refractivity contribution in [3.05, 3.63) is 199 Å². The maximum Gasteiger partial charge on any atom is 0.0540 e. The fraction of sp³-hybridized carbons (Fsp3) is 0.0588. The first kappa shape index (κ1) is 30.4. The van der Waals surface area contributed by atoms with Gasteiger partial charge in [-0.2, -0.15) is 0 Å². The summed E-state index contributed by atoms with van der Waals surface area (Å²) >= 11 is 0. The molecule has 0 saturated carbocycles. The summed E-state index contributed by atoms with van der Waals surface area (Å²) in [6.07, 6.45) is 0. The largest absolute Gasteiger partial charge is 0.310 e. The Kier molecular flexibility index (Phi) is 6.91. The highest BCUT2D eigenvalue weighted by molar-refractivity contribution is 6.17. The van der Waals surface area contributed by atoms with E-state index in [4.69, 9.17) is 0 Å². The molecule has 9 aromatic rings. The molecule has 1 aliphatic carbocycles. The van der Waals surface area contributed by atoms with Gasteiger partial charge in [-0.05, 0) is 108 Å². The van der Waals surface area contributed by atoms with Crippen molar-refractivity contribution in [3.63, 3.8) is 0 Å². The molecule has 10 rings (SSSR count). The Labute approximate surface area is 305 Å². The van der Waals surface area contributed by atoms with Gasteiger partial charge in [-0.1, -0.05) is 166 Å². The van der Waals surface area contributed by atoms with Crippen LogP contribution in [0.5, 0.6) is 0 Å². The number of fused-ring (bicyclic) bond motifs is 8. The standard InChI is InChI=1S/C51H37N/c1-51(2)48-18-10-8-17-46(48)47-31-27-40(33-49(47)51)52(50-19-11-9-16-43(50)35-12-4-3-5-13-35)39-25-20-34(21-26-39)37-23-28-42-38(32-37)24-30-44-41-15-7-6-14-36(41)22-29-45(42)44/h3-33H,1-2H3. The molecule has 1 nitrogen and oxygen atoms in total. The predicted octanol–water partition coefficient (Wildman–Crippen LogP) is 14.3. The third-order valence-corrected chi connectivity index (χ3v) is 11.3. The number of hydrogen-bond donors (Lipinski definition) is 0. The molecule has 0 heterocycles. The second-order valence-electron chi connectivity index (χ2n) is 14.5. The van der Waals surface area contributed by atoms with Gasteiger partial charge in [-0.15, -0.1) is 0 Å². The molecular formula is C51H37N. The molecule has 52 heavy (non-hydrogen) atoms. The average molecular weight is 664 g/mol. The van der Waals surface area contributed by atoms with Crippen LogP contribution < -0.4 is 4.90 Å². The quantitative estimate of drug-likeness (QED) is 0.166. The Balaban J connectivity index is 1.09. The number of anilines is 3. The maximum absolute atomic E-state index is 2.43. The lowest BCUT2D eigenvalue weighted by atomic mass is 9.82. The molecule has 9 aromatic carbocycles. The minimum absolute atomic E-state index is 0.0923. The first-order valence-electron chi connectivity index (χ1n) is 18.2. The van der Waals surface area contributed by atoms with Crippen molar-refractivity contribution in [2.24, 2.45) is 0 Å². The van der Waals surface area contributed by atoms with E-state index in [-0.39, 0.29) is 5.41 Å². The van der Waals surface area contributed by atoms with Crippen LogP contribution in [-0.4, -0.2) is 0 Å². The van der Waals surface area contributed by atoms with Gasteiger partial charge < -0.3 is 4.90 Å². The molecule has 0 aromatic heterocycles. The number of benzene rings is 9. The van der Waals surface area contributed by atoms with E-state index in [1.165, 1.54) is 76.8 Å². The van der Waals surface area contributed by atoms with Crippen molar-refractivity contribution in [2.75, 3.05) is 4.90 Å². The maximum atomic E-state index is 2.43. The Morgan fingerprint density at radius 1 is 0.346 bits per heavy atom. The lowest BCUT2D eigenvalue weighted by Crippen LogP contribution is -2.16. The summed E-state index contributed by atoms with van der Waals surface area (Å²) in [5.41, 5.74) is 13.6. The average Bonchev–Trinajstić information content (AvgIpc) is 3.43. The van der Waals surface area contributed by atoms with Crippen molar-refractivity contribution >= 4 is 49.4 Å². The van der Waals surface area contributed by atoms with Crippen molar-refractivity contribution in [1.29, 1.82) is 0 Å². The lowest BCUT2D eigenvalue weighted by molar-refractivity contribution is 0.660. The van der Waals surface area contributed by atoms with Gasteiger partial charge in [0.05, 0.1) is 5.69 Å². The zero-order valence-corrected chi connectivity index (χ0v) is 29.3. The van der Waals surface area contributed by atoms with E-state index in [1.54, 1.807) is 0 Å². The molecule has 0 amide bonds. The third kappa shape index (κ3) is 4.77. The number of rotatable bonds is 5. The topological polar surface area (TPSA) is 3.24 Å². The minimum atomic E-state index is -0.0923. The van der Waals surface area contributed by atoms with Crippen molar-refractivity contribution in [1.82, 2.24) is 0 Å². The highest BCUT2D eigenvalue weighted by atomic mass is 15.1. The smallest absolute Gasteiger partial charge is 0.0540 e. The second-order valence-corrected chi connectivity index (χ2v) is 14.5. The number of hydrogen-bond acceptors (Lipinski definition) is 1. The van der Waals surface area contributed by atoms with Gasteiger partial charge in [0.25, 0.3) is 0 Å². The molecule has 0 N–H and O–H groups in total. The minimum Gasteiger partial charge on any atom is -0.310 e. The summed E-state index contributed by atoms with van der Waals surface area (Å²) in [6.45, 7) is 4.71. The first-order chi connectivity index (χ1) is 25.5. The highest BCUT2D eigenvalue weighted by Gasteiger charge is 2.35. The summed E-state index contributed by atoms with van der Waals surface area (Å²) in [5, 5.41) is 7.72. The van der Waals surface area contributed by atoms with E-state index < -0.39 is 0 Å². The van der Waals surface area contributed by atoms with Gasteiger partial charge in [0, 0.05) is 22.4 Å². The summed E-state index contributed by atoms with van der Waals surface area (Å²) in [7, 11) is 0. The van der Waals surface area contributed by atoms with Gasteiger partial charge in [-0.25, -0.2) is 0 Å². The zero-order chi connectivity index (χ0) is 34.8. The molecule has 0 unspecified atom stereocenters. The second kappa shape index (κ2) is 11.8. The molecular weight excluding hydrogens is 627 g/mol. The fourth-order valence-electron chi connectivity index (χ4n) is 8.60. The Hall–Kier alpha value is -6.44. The van der Waals surface area contributed by atoms with E-state index in [0.29, 0.717) is 0 Å². The van der Waals surface area contributed by atoms with Crippen LogP contribution in [0.15, 0.2) is 188 Å². The molecule has 1 heteroatoms. The van der Waals surface area contributed by atoms with E-state index in [1.807, 2.05) is 0 Å². The van der Waals surface area contributed by atoms with Crippen LogP contribution in [0.25, 0.3) is 65.7 Å². The van der Waals surface area contributed by atoms with Gasteiger partial charge >= 0.3 is 0 Å². The molecule has 0 radical (unpaired) electrons. The van der Waals surface area contributed by atoms with Crippen LogP contribution in [0.3, 0.4) is 0 Å². The van der Waals surface area contributed by atoms with Crippen molar-refractivity contribution in [2.45, 2.75) is 19.3 Å². The molecule has 0 bridgehead atoms. The molecule has 0 saturated heterocycles. The van der Waals surface area contributed by atoms with Gasteiger partial charge in [0.1, 0.15) is 0 Å². The van der Waals surface area contributed by atoms with Crippen LogP contribution in [0.2, 0.25) is 0 Å². The van der Waals surface area contributed by atoms with Gasteiger partial charge in [0.2, 0.25) is 0 Å². The fourth-order valence-corrected chi connectivity index (χ4v) is 8.60.